The van der Waals surface area contributed by atoms with Crippen molar-refractivity contribution in [2.24, 2.45) is 15.9 Å². The fraction of sp³-hybridized carbons (Fsp3) is 0.138. The van der Waals surface area contributed by atoms with Crippen LogP contribution in [0.25, 0.3) is 71.0 Å². The molecule has 0 saturated carbocycles. The van der Waals surface area contributed by atoms with Crippen LogP contribution in [0, 0.1) is 5.92 Å². The average molecular weight is 816 g/mol. The maximum atomic E-state index is 6.90. The number of nitrogens with zero attached hydrogens (tertiary/aromatic N) is 3. The minimum atomic E-state index is -0.262. The number of amidine groups is 1. The molecule has 2 aliphatic rings. The number of benzene rings is 8. The number of aliphatic imine (C=N–C) groups is 2. The predicted octanol–water partition coefficient (Wildman–Crippen LogP) is 15.0. The molecule has 0 N–H and O–H groups in total. The van der Waals surface area contributed by atoms with Crippen LogP contribution in [0.15, 0.2) is 196 Å². The molecule has 3 atom stereocenters. The van der Waals surface area contributed by atoms with Crippen LogP contribution in [-0.2, 0) is 0 Å². The third-order valence-electron chi connectivity index (χ3n) is 13.3. The number of hydrogen-bond donors (Lipinski definition) is 0. The van der Waals surface area contributed by atoms with Gasteiger partial charge < -0.3 is 13.7 Å². The van der Waals surface area contributed by atoms with Crippen molar-refractivity contribution in [2.45, 2.75) is 38.6 Å². The highest BCUT2D eigenvalue weighted by molar-refractivity contribution is 6.20. The lowest BCUT2D eigenvalue weighted by atomic mass is 9.85. The van der Waals surface area contributed by atoms with E-state index in [1.165, 1.54) is 38.0 Å². The van der Waals surface area contributed by atoms with Crippen molar-refractivity contribution in [3.63, 3.8) is 0 Å². The number of para-hydroxylation sites is 3. The number of fused-ring (bicyclic) bond motifs is 9. The first-order valence-corrected chi connectivity index (χ1v) is 22.2. The molecule has 0 fully saturated rings. The molecule has 2 aromatic heterocycles. The monoisotopic (exact) mass is 815 g/mol. The highest BCUT2D eigenvalue weighted by atomic mass is 16.5. The smallest absolute Gasteiger partial charge is 0.155 e. The molecule has 2 unspecified atom stereocenters. The van der Waals surface area contributed by atoms with Crippen LogP contribution in [0.2, 0.25) is 0 Å². The van der Waals surface area contributed by atoms with Gasteiger partial charge in [-0.3, -0.25) is 4.99 Å². The Bertz CT molecular complexity index is 3580. The van der Waals surface area contributed by atoms with Crippen molar-refractivity contribution in [3.8, 4) is 11.4 Å². The normalized spacial score (nSPS) is 19.2. The van der Waals surface area contributed by atoms with Gasteiger partial charge >= 0.3 is 0 Å². The molecular formula is C58H45N3O2. The van der Waals surface area contributed by atoms with Crippen molar-refractivity contribution in [1.82, 2.24) is 4.57 Å². The van der Waals surface area contributed by atoms with E-state index in [4.69, 9.17) is 19.1 Å². The van der Waals surface area contributed by atoms with E-state index in [0.29, 0.717) is 12.4 Å². The van der Waals surface area contributed by atoms with E-state index >= 15 is 0 Å². The second-order valence-electron chi connectivity index (χ2n) is 17.2. The van der Waals surface area contributed by atoms with Crippen molar-refractivity contribution in [2.75, 3.05) is 6.61 Å². The number of allylic oxidation sites excluding steroid dienone is 3. The van der Waals surface area contributed by atoms with Crippen LogP contribution < -0.4 is 4.74 Å². The lowest BCUT2D eigenvalue weighted by Gasteiger charge is -2.29. The summed E-state index contributed by atoms with van der Waals surface area (Å²) in [5, 5.41) is 9.46. The Morgan fingerprint density at radius 2 is 1.33 bits per heavy atom. The number of hydrogen-bond acceptors (Lipinski definition) is 4. The summed E-state index contributed by atoms with van der Waals surface area (Å²) >= 11 is 0. The number of furan rings is 1. The standard InChI is InChI=1S/C58H45N3O2/c1-36-15-4-3-13-30-62-56-48(36)34-43(61-52-24-11-9-20-44(52)49-32-40-18-7-8-19-41(40)33-53(49)61)35-50(56)55-37(2)26-29-51(47-23-14-22-46-45-21-10-12-25-54(45)63-57(46)47)59-58(60-55)42-28-27-38-16-5-6-17-39(38)31-42/h3-25,27-28,31-37,55H,26,29-30H2,1-2H3/b13-3-,15-4-,59-51?,60-58?/t36-,37?,55?/m1/s1. The Kier molecular flexibility index (Phi) is 8.96. The lowest BCUT2D eigenvalue weighted by Crippen LogP contribution is -2.19. The van der Waals surface area contributed by atoms with Gasteiger partial charge in [-0.25, -0.2) is 4.99 Å². The molecule has 12 rings (SSSR count). The van der Waals surface area contributed by atoms with Gasteiger partial charge in [0, 0.05) is 55.4 Å². The van der Waals surface area contributed by atoms with E-state index in [1.54, 1.807) is 0 Å². The Labute approximate surface area is 366 Å². The topological polar surface area (TPSA) is 52.0 Å². The van der Waals surface area contributed by atoms with Crippen molar-refractivity contribution in [1.29, 1.82) is 0 Å². The molecule has 0 saturated heterocycles. The van der Waals surface area contributed by atoms with Gasteiger partial charge in [0.05, 0.1) is 22.8 Å². The van der Waals surface area contributed by atoms with E-state index < -0.39 is 0 Å². The van der Waals surface area contributed by atoms with Crippen LogP contribution in [0.3, 0.4) is 0 Å². The SMILES string of the molecule is CC1CCC(c2cccc3c2oc2ccccc23)=NC(c2ccc3ccccc3c2)=NC1c1cc(-n2c3ccccc3c3cc4ccccc4cc32)cc2c1OC/C=C\C=C/[C@H]2C. The Morgan fingerprint density at radius 3 is 2.21 bits per heavy atom. The summed E-state index contributed by atoms with van der Waals surface area (Å²) in [6, 6.07) is 56.4. The molecular weight excluding hydrogens is 771 g/mol. The molecule has 0 amide bonds. The van der Waals surface area contributed by atoms with Gasteiger partial charge in [0.1, 0.15) is 23.5 Å². The Balaban J connectivity index is 1.12. The predicted molar refractivity (Wildman–Crippen MR) is 262 cm³/mol. The highest BCUT2D eigenvalue weighted by Crippen LogP contribution is 2.45. The van der Waals surface area contributed by atoms with Crippen LogP contribution in [0.4, 0.5) is 0 Å². The number of rotatable bonds is 4. The molecule has 0 bridgehead atoms. The minimum Gasteiger partial charge on any atom is -0.489 e. The van der Waals surface area contributed by atoms with Gasteiger partial charge in [0.25, 0.3) is 0 Å². The molecule has 0 aliphatic carbocycles. The maximum absolute atomic E-state index is 6.90. The molecule has 8 aromatic carbocycles. The van der Waals surface area contributed by atoms with Gasteiger partial charge in [-0.1, -0.05) is 141 Å². The van der Waals surface area contributed by atoms with Gasteiger partial charge in [-0.05, 0) is 94.9 Å². The molecule has 4 heterocycles. The maximum Gasteiger partial charge on any atom is 0.155 e. The van der Waals surface area contributed by atoms with E-state index in [9.17, 15) is 0 Å². The largest absolute Gasteiger partial charge is 0.489 e. The molecule has 10 aromatic rings. The average Bonchev–Trinajstić information content (AvgIpc) is 3.88. The van der Waals surface area contributed by atoms with E-state index in [-0.39, 0.29) is 17.9 Å². The zero-order valence-corrected chi connectivity index (χ0v) is 35.3. The van der Waals surface area contributed by atoms with Crippen LogP contribution >= 0.6 is 0 Å². The first kappa shape index (κ1) is 37.3. The van der Waals surface area contributed by atoms with Gasteiger partial charge in [-0.2, -0.15) is 0 Å². The van der Waals surface area contributed by atoms with E-state index in [0.717, 1.165) is 79.6 Å². The molecule has 2 aliphatic heterocycles. The number of aromatic nitrogens is 1. The summed E-state index contributed by atoms with van der Waals surface area (Å²) < 4.78 is 16.0. The first-order valence-electron chi connectivity index (χ1n) is 22.2. The van der Waals surface area contributed by atoms with E-state index in [2.05, 4.69) is 188 Å². The van der Waals surface area contributed by atoms with Crippen LogP contribution in [0.1, 0.15) is 60.9 Å². The summed E-state index contributed by atoms with van der Waals surface area (Å²) in [6.45, 7) is 5.08. The third kappa shape index (κ3) is 6.38. The van der Waals surface area contributed by atoms with Crippen molar-refractivity contribution in [3.05, 3.63) is 204 Å². The summed E-state index contributed by atoms with van der Waals surface area (Å²) in [5.74, 6) is 1.82. The second-order valence-corrected chi connectivity index (χ2v) is 17.2. The summed E-state index contributed by atoms with van der Waals surface area (Å²) in [7, 11) is 0. The lowest BCUT2D eigenvalue weighted by molar-refractivity contribution is 0.342. The quantitative estimate of drug-likeness (QED) is 0.178. The third-order valence-corrected chi connectivity index (χ3v) is 13.3. The van der Waals surface area contributed by atoms with Crippen LogP contribution in [-0.4, -0.2) is 22.7 Å². The highest BCUT2D eigenvalue weighted by Gasteiger charge is 2.31. The van der Waals surface area contributed by atoms with Gasteiger partial charge in [0.2, 0.25) is 0 Å². The Hall–Kier alpha value is -7.50. The van der Waals surface area contributed by atoms with Gasteiger partial charge in [-0.15, -0.1) is 0 Å². The molecule has 63 heavy (non-hydrogen) atoms. The fourth-order valence-electron chi connectivity index (χ4n) is 10.1. The molecule has 5 nitrogen and oxygen atoms in total. The van der Waals surface area contributed by atoms with Crippen LogP contribution in [0.5, 0.6) is 5.75 Å². The molecule has 304 valence electrons. The second kappa shape index (κ2) is 15.1. The Morgan fingerprint density at radius 1 is 0.603 bits per heavy atom. The van der Waals surface area contributed by atoms with E-state index in [1.807, 2.05) is 12.1 Å². The summed E-state index contributed by atoms with van der Waals surface area (Å²) in [4.78, 5) is 11.4. The van der Waals surface area contributed by atoms with Crippen molar-refractivity contribution >= 4 is 76.8 Å². The zero-order valence-electron chi connectivity index (χ0n) is 35.3. The van der Waals surface area contributed by atoms with Gasteiger partial charge in [0.15, 0.2) is 5.84 Å². The molecule has 0 radical (unpaired) electrons. The van der Waals surface area contributed by atoms with Crippen molar-refractivity contribution < 1.29 is 9.15 Å². The molecule has 0 spiro atoms. The fourth-order valence-corrected chi connectivity index (χ4v) is 10.1. The summed E-state index contributed by atoms with van der Waals surface area (Å²) in [6.07, 6.45) is 10.2. The zero-order chi connectivity index (χ0) is 42.0. The molecule has 5 heteroatoms. The first-order chi connectivity index (χ1) is 31.1. The summed E-state index contributed by atoms with van der Waals surface area (Å²) in [5.41, 5.74) is 10.4. The number of ether oxygens (including phenoxy) is 1. The minimum absolute atomic E-state index is 0.0806.